The minimum atomic E-state index is -0.618. The average Bonchev–Trinajstić information content (AvgIpc) is 3.06. The molecule has 1 atom stereocenters. The van der Waals surface area contributed by atoms with Crippen molar-refractivity contribution in [3.63, 3.8) is 0 Å². The average molecular weight is 377 g/mol. The highest BCUT2D eigenvalue weighted by atomic mass is 19.1. The maximum absolute atomic E-state index is 13.3. The molecule has 2 aliphatic rings. The molecule has 0 saturated carbocycles. The van der Waals surface area contributed by atoms with Crippen molar-refractivity contribution < 1.29 is 14.0 Å². The van der Waals surface area contributed by atoms with Gasteiger partial charge >= 0.3 is 0 Å². The van der Waals surface area contributed by atoms with Gasteiger partial charge in [0.25, 0.3) is 5.91 Å². The molecule has 142 valence electrons. The number of pyridine rings is 1. The summed E-state index contributed by atoms with van der Waals surface area (Å²) in [6, 6.07) is 8.04. The normalized spacial score (nSPS) is 23.7. The van der Waals surface area contributed by atoms with Gasteiger partial charge in [0.15, 0.2) is 5.78 Å². The highest BCUT2D eigenvalue weighted by molar-refractivity contribution is 6.04. The van der Waals surface area contributed by atoms with Crippen LogP contribution >= 0.6 is 0 Å². The minimum Gasteiger partial charge on any atom is -0.338 e. The Morgan fingerprint density at radius 2 is 2.11 bits per heavy atom. The Balaban J connectivity index is 1.61. The number of hydrogen-bond donors (Lipinski definition) is 0. The van der Waals surface area contributed by atoms with Crippen LogP contribution in [0.3, 0.4) is 0 Å². The van der Waals surface area contributed by atoms with E-state index in [9.17, 15) is 19.2 Å². The van der Waals surface area contributed by atoms with Crippen molar-refractivity contribution >= 4 is 22.6 Å². The molecule has 0 radical (unpaired) electrons. The first-order valence-corrected chi connectivity index (χ1v) is 9.25. The van der Waals surface area contributed by atoms with Crippen molar-refractivity contribution in [3.05, 3.63) is 53.5 Å². The summed E-state index contributed by atoms with van der Waals surface area (Å²) in [4.78, 5) is 31.4. The monoisotopic (exact) mass is 377 g/mol. The van der Waals surface area contributed by atoms with Gasteiger partial charge in [0.05, 0.1) is 16.7 Å². The standard InChI is InChI=1S/C22H20FN3O2/c1-21(2)12-22(9-16(10-24)19(21)27)5-6-26(13-22)20(28)15-7-14-3-4-17(23)8-18(14)25-11-15/h3-4,7-9,11H,5-6,12-13H2,1-2H3/t22-/m0/s1. The maximum atomic E-state index is 13.3. The van der Waals surface area contributed by atoms with Crippen LogP contribution in [0, 0.1) is 28.0 Å². The van der Waals surface area contributed by atoms with E-state index in [4.69, 9.17) is 0 Å². The minimum absolute atomic E-state index is 0.128. The van der Waals surface area contributed by atoms with Gasteiger partial charge < -0.3 is 4.90 Å². The lowest BCUT2D eigenvalue weighted by Gasteiger charge is -2.38. The van der Waals surface area contributed by atoms with Crippen LogP contribution in [0.1, 0.15) is 37.0 Å². The van der Waals surface area contributed by atoms with E-state index >= 15 is 0 Å². The first-order chi connectivity index (χ1) is 13.2. The number of Topliss-reactive ketones (excluding diaryl/α,β-unsaturated/α-hetero) is 1. The number of halogens is 1. The molecule has 1 aromatic heterocycles. The third kappa shape index (κ3) is 2.97. The Morgan fingerprint density at radius 1 is 1.32 bits per heavy atom. The Hall–Kier alpha value is -3.07. The lowest BCUT2D eigenvalue weighted by atomic mass is 9.64. The van der Waals surface area contributed by atoms with Gasteiger partial charge in [-0.15, -0.1) is 0 Å². The SMILES string of the molecule is CC1(C)C[C@@]2(C=C(C#N)C1=O)CCN(C(=O)c1cnc3cc(F)ccc3c1)C2. The molecule has 1 fully saturated rings. The van der Waals surface area contributed by atoms with Gasteiger partial charge in [-0.05, 0) is 31.0 Å². The van der Waals surface area contributed by atoms with Crippen molar-refractivity contribution in [1.29, 1.82) is 5.26 Å². The Kier molecular flexibility index (Phi) is 4.07. The molecule has 6 heteroatoms. The summed E-state index contributed by atoms with van der Waals surface area (Å²) in [6.45, 7) is 4.74. The number of nitriles is 1. The highest BCUT2D eigenvalue weighted by Crippen LogP contribution is 2.48. The van der Waals surface area contributed by atoms with E-state index in [1.165, 1.54) is 18.3 Å². The first kappa shape index (κ1) is 18.3. The number of hydrogen-bond acceptors (Lipinski definition) is 4. The summed E-state index contributed by atoms with van der Waals surface area (Å²) in [5.41, 5.74) is 0.175. The first-order valence-electron chi connectivity index (χ1n) is 9.25. The Morgan fingerprint density at radius 3 is 2.86 bits per heavy atom. The highest BCUT2D eigenvalue weighted by Gasteiger charge is 2.48. The van der Waals surface area contributed by atoms with E-state index in [-0.39, 0.29) is 28.5 Å². The Bertz CT molecular complexity index is 1080. The van der Waals surface area contributed by atoms with Gasteiger partial charge in [-0.1, -0.05) is 19.9 Å². The largest absolute Gasteiger partial charge is 0.338 e. The van der Waals surface area contributed by atoms with Gasteiger partial charge in [0.1, 0.15) is 11.9 Å². The number of likely N-dealkylation sites (tertiary alicyclic amines) is 1. The van der Waals surface area contributed by atoms with Gasteiger partial charge in [-0.2, -0.15) is 5.26 Å². The predicted octanol–water partition coefficient (Wildman–Crippen LogP) is 3.66. The zero-order valence-electron chi connectivity index (χ0n) is 15.8. The van der Waals surface area contributed by atoms with E-state index in [1.54, 1.807) is 23.1 Å². The summed E-state index contributed by atoms with van der Waals surface area (Å²) in [5.74, 6) is -0.635. The van der Waals surface area contributed by atoms with Crippen LogP contribution in [0.15, 0.2) is 42.1 Å². The van der Waals surface area contributed by atoms with Crippen molar-refractivity contribution in [2.75, 3.05) is 13.1 Å². The van der Waals surface area contributed by atoms with Crippen LogP contribution < -0.4 is 0 Å². The van der Waals surface area contributed by atoms with Crippen LogP contribution in [0.5, 0.6) is 0 Å². The van der Waals surface area contributed by atoms with Gasteiger partial charge in [-0.3, -0.25) is 14.6 Å². The number of ketones is 1. The summed E-state index contributed by atoms with van der Waals surface area (Å²) >= 11 is 0. The molecule has 0 bridgehead atoms. The smallest absolute Gasteiger partial charge is 0.255 e. The third-order valence-corrected chi connectivity index (χ3v) is 5.79. The second-order valence-corrected chi connectivity index (χ2v) is 8.46. The molecule has 0 unspecified atom stereocenters. The van der Waals surface area contributed by atoms with E-state index < -0.39 is 5.41 Å². The molecule has 1 aliphatic carbocycles. The van der Waals surface area contributed by atoms with Gasteiger partial charge in [-0.25, -0.2) is 4.39 Å². The predicted molar refractivity (Wildman–Crippen MR) is 102 cm³/mol. The van der Waals surface area contributed by atoms with Crippen molar-refractivity contribution in [2.45, 2.75) is 26.7 Å². The molecule has 1 amide bonds. The Labute approximate surface area is 162 Å². The number of benzene rings is 1. The molecule has 1 saturated heterocycles. The van der Waals surface area contributed by atoms with E-state index in [1.807, 2.05) is 19.9 Å². The topological polar surface area (TPSA) is 74.1 Å². The number of nitrogens with zero attached hydrogens (tertiary/aromatic N) is 3. The molecular weight excluding hydrogens is 357 g/mol. The summed E-state index contributed by atoms with van der Waals surface area (Å²) in [6.07, 6.45) is 4.57. The van der Waals surface area contributed by atoms with Crippen LogP contribution in [0.2, 0.25) is 0 Å². The molecule has 4 rings (SSSR count). The van der Waals surface area contributed by atoms with E-state index in [0.717, 1.165) is 0 Å². The molecule has 1 aliphatic heterocycles. The van der Waals surface area contributed by atoms with E-state index in [2.05, 4.69) is 4.98 Å². The summed E-state index contributed by atoms with van der Waals surface area (Å²) < 4.78 is 13.3. The summed E-state index contributed by atoms with van der Waals surface area (Å²) in [7, 11) is 0. The van der Waals surface area contributed by atoms with Crippen LogP contribution in [0.25, 0.3) is 10.9 Å². The fraction of sp³-hybridized carbons (Fsp3) is 0.364. The number of carbonyl (C=O) groups is 2. The maximum Gasteiger partial charge on any atom is 0.255 e. The second kappa shape index (κ2) is 6.23. The zero-order chi connectivity index (χ0) is 20.1. The van der Waals surface area contributed by atoms with Crippen LogP contribution in [0.4, 0.5) is 4.39 Å². The molecule has 1 spiro atoms. The number of carbonyl (C=O) groups excluding carboxylic acids is 2. The fourth-order valence-electron chi connectivity index (χ4n) is 4.56. The third-order valence-electron chi connectivity index (χ3n) is 5.79. The van der Waals surface area contributed by atoms with Crippen molar-refractivity contribution in [2.24, 2.45) is 10.8 Å². The lowest BCUT2D eigenvalue weighted by Crippen LogP contribution is -2.40. The molecule has 1 aromatic carbocycles. The molecule has 5 nitrogen and oxygen atoms in total. The van der Waals surface area contributed by atoms with Crippen molar-refractivity contribution in [1.82, 2.24) is 9.88 Å². The molecule has 0 N–H and O–H groups in total. The molecule has 2 aromatic rings. The molecule has 2 heterocycles. The van der Waals surface area contributed by atoms with E-state index in [0.29, 0.717) is 42.4 Å². The number of rotatable bonds is 1. The van der Waals surface area contributed by atoms with Crippen LogP contribution in [-0.4, -0.2) is 34.7 Å². The number of allylic oxidation sites excluding steroid dienone is 1. The van der Waals surface area contributed by atoms with Gasteiger partial charge in [0, 0.05) is 41.6 Å². The molecule has 28 heavy (non-hydrogen) atoms. The second-order valence-electron chi connectivity index (χ2n) is 8.46. The summed E-state index contributed by atoms with van der Waals surface area (Å²) in [5, 5.41) is 10.1. The van der Waals surface area contributed by atoms with Gasteiger partial charge in [0.2, 0.25) is 0 Å². The quantitative estimate of drug-likeness (QED) is 0.760. The molecular formula is C22H20FN3O2. The number of amides is 1. The van der Waals surface area contributed by atoms with Crippen LogP contribution in [-0.2, 0) is 4.79 Å². The lowest BCUT2D eigenvalue weighted by molar-refractivity contribution is -0.125. The van der Waals surface area contributed by atoms with Crippen molar-refractivity contribution in [3.8, 4) is 6.07 Å². The number of aromatic nitrogens is 1. The fourth-order valence-corrected chi connectivity index (χ4v) is 4.56. The zero-order valence-corrected chi connectivity index (χ0v) is 15.8. The number of fused-ring (bicyclic) bond motifs is 1.